The van der Waals surface area contributed by atoms with Gasteiger partial charge in [-0.05, 0) is 12.1 Å². The van der Waals surface area contributed by atoms with Crippen molar-refractivity contribution in [2.75, 3.05) is 19.8 Å². The molecule has 2 nitrogen and oxygen atoms in total. The molecule has 2 rings (SSSR count). The second-order valence-corrected chi connectivity index (χ2v) is 4.03. The van der Waals surface area contributed by atoms with E-state index in [1.54, 1.807) is 0 Å². The standard InChI is InChI=1S/C10H11Cl2NO/c11-7-2-1-3-8(12)10(7)9-6-14-5-4-13-9/h1-3,9,13H,4-6H2. The largest absolute Gasteiger partial charge is 0.378 e. The van der Waals surface area contributed by atoms with Crippen molar-refractivity contribution in [1.82, 2.24) is 5.32 Å². The highest BCUT2D eigenvalue weighted by Gasteiger charge is 2.20. The maximum atomic E-state index is 6.08. The van der Waals surface area contributed by atoms with E-state index >= 15 is 0 Å². The molecule has 1 N–H and O–H groups in total. The van der Waals surface area contributed by atoms with Gasteiger partial charge < -0.3 is 10.1 Å². The number of hydrogen-bond donors (Lipinski definition) is 1. The van der Waals surface area contributed by atoms with Crippen molar-refractivity contribution in [3.63, 3.8) is 0 Å². The molecule has 1 aromatic rings. The normalized spacial score (nSPS) is 22.3. The fourth-order valence-corrected chi connectivity index (χ4v) is 2.26. The minimum Gasteiger partial charge on any atom is -0.378 e. The first kappa shape index (κ1) is 10.2. The van der Waals surface area contributed by atoms with Crippen molar-refractivity contribution in [3.8, 4) is 0 Å². The van der Waals surface area contributed by atoms with Gasteiger partial charge in [0.05, 0.1) is 19.3 Å². The lowest BCUT2D eigenvalue weighted by Crippen LogP contribution is -2.34. The minimum atomic E-state index is 0.116. The SMILES string of the molecule is Clc1cccc(Cl)c1C1COCCN1. The molecule has 1 aliphatic rings. The Morgan fingerprint density at radius 3 is 2.57 bits per heavy atom. The Bertz CT molecular complexity index is 304. The Labute approximate surface area is 93.2 Å². The van der Waals surface area contributed by atoms with Gasteiger partial charge in [0.1, 0.15) is 0 Å². The van der Waals surface area contributed by atoms with Gasteiger partial charge in [-0.15, -0.1) is 0 Å². The summed E-state index contributed by atoms with van der Waals surface area (Å²) in [5.74, 6) is 0. The highest BCUT2D eigenvalue weighted by molar-refractivity contribution is 6.36. The summed E-state index contributed by atoms with van der Waals surface area (Å²) >= 11 is 12.2. The van der Waals surface area contributed by atoms with Gasteiger partial charge in [0.25, 0.3) is 0 Å². The lowest BCUT2D eigenvalue weighted by molar-refractivity contribution is 0.0769. The molecule has 1 atom stereocenters. The Hall–Kier alpha value is -0.280. The molecule has 1 saturated heterocycles. The topological polar surface area (TPSA) is 21.3 Å². The van der Waals surface area contributed by atoms with Crippen LogP contribution in [0.25, 0.3) is 0 Å². The predicted octanol–water partition coefficient (Wildman–Crippen LogP) is 2.65. The van der Waals surface area contributed by atoms with Gasteiger partial charge >= 0.3 is 0 Å². The van der Waals surface area contributed by atoms with Crippen LogP contribution in [0.2, 0.25) is 10.0 Å². The van der Waals surface area contributed by atoms with Crippen molar-refractivity contribution in [1.29, 1.82) is 0 Å². The summed E-state index contributed by atoms with van der Waals surface area (Å²) in [7, 11) is 0. The average Bonchev–Trinajstić information content (AvgIpc) is 2.19. The zero-order valence-corrected chi connectivity index (χ0v) is 9.11. The number of rotatable bonds is 1. The van der Waals surface area contributed by atoms with Gasteiger partial charge in [0.15, 0.2) is 0 Å². The van der Waals surface area contributed by atoms with Gasteiger partial charge in [-0.1, -0.05) is 29.3 Å². The predicted molar refractivity (Wildman–Crippen MR) is 58.0 cm³/mol. The molecule has 1 aromatic carbocycles. The van der Waals surface area contributed by atoms with Crippen LogP contribution in [-0.2, 0) is 4.74 Å². The summed E-state index contributed by atoms with van der Waals surface area (Å²) in [6.45, 7) is 2.22. The van der Waals surface area contributed by atoms with E-state index in [-0.39, 0.29) is 6.04 Å². The molecule has 0 aromatic heterocycles. The van der Waals surface area contributed by atoms with E-state index in [0.717, 1.165) is 18.7 Å². The smallest absolute Gasteiger partial charge is 0.0663 e. The van der Waals surface area contributed by atoms with Crippen LogP contribution in [0.3, 0.4) is 0 Å². The molecule has 0 saturated carbocycles. The van der Waals surface area contributed by atoms with E-state index in [9.17, 15) is 0 Å². The molecule has 1 fully saturated rings. The molecular formula is C10H11Cl2NO. The van der Waals surface area contributed by atoms with Gasteiger partial charge in [0, 0.05) is 22.2 Å². The molecule has 0 spiro atoms. The fourth-order valence-electron chi connectivity index (χ4n) is 1.59. The lowest BCUT2D eigenvalue weighted by Gasteiger charge is -2.25. The van der Waals surface area contributed by atoms with Crippen molar-refractivity contribution < 1.29 is 4.74 Å². The maximum absolute atomic E-state index is 6.08. The van der Waals surface area contributed by atoms with Gasteiger partial charge in [-0.2, -0.15) is 0 Å². The highest BCUT2D eigenvalue weighted by atomic mass is 35.5. The van der Waals surface area contributed by atoms with Crippen molar-refractivity contribution >= 4 is 23.2 Å². The number of ether oxygens (including phenoxy) is 1. The van der Waals surface area contributed by atoms with Crippen molar-refractivity contribution in [3.05, 3.63) is 33.8 Å². The average molecular weight is 232 g/mol. The molecular weight excluding hydrogens is 221 g/mol. The van der Waals surface area contributed by atoms with Crippen LogP contribution in [0.4, 0.5) is 0 Å². The highest BCUT2D eigenvalue weighted by Crippen LogP contribution is 2.30. The quantitative estimate of drug-likeness (QED) is 0.803. The zero-order valence-electron chi connectivity index (χ0n) is 7.59. The van der Waals surface area contributed by atoms with Crippen LogP contribution in [-0.4, -0.2) is 19.8 Å². The summed E-state index contributed by atoms with van der Waals surface area (Å²) in [6, 6.07) is 5.65. The minimum absolute atomic E-state index is 0.116. The molecule has 0 radical (unpaired) electrons. The number of hydrogen-bond acceptors (Lipinski definition) is 2. The molecule has 14 heavy (non-hydrogen) atoms. The Morgan fingerprint density at radius 1 is 1.29 bits per heavy atom. The van der Waals surface area contributed by atoms with Crippen LogP contribution in [0, 0.1) is 0 Å². The van der Waals surface area contributed by atoms with Crippen LogP contribution < -0.4 is 5.32 Å². The number of halogens is 2. The zero-order chi connectivity index (χ0) is 9.97. The third-order valence-corrected chi connectivity index (χ3v) is 2.93. The number of morpholine rings is 1. The molecule has 76 valence electrons. The van der Waals surface area contributed by atoms with E-state index < -0.39 is 0 Å². The van der Waals surface area contributed by atoms with E-state index in [2.05, 4.69) is 5.32 Å². The molecule has 1 aliphatic heterocycles. The second-order valence-electron chi connectivity index (χ2n) is 3.22. The van der Waals surface area contributed by atoms with Gasteiger partial charge in [0.2, 0.25) is 0 Å². The third-order valence-electron chi connectivity index (χ3n) is 2.27. The van der Waals surface area contributed by atoms with E-state index in [4.69, 9.17) is 27.9 Å². The fraction of sp³-hybridized carbons (Fsp3) is 0.400. The van der Waals surface area contributed by atoms with Gasteiger partial charge in [-0.3, -0.25) is 0 Å². The molecule has 1 unspecified atom stereocenters. The van der Waals surface area contributed by atoms with Gasteiger partial charge in [-0.25, -0.2) is 0 Å². The van der Waals surface area contributed by atoms with Crippen LogP contribution in [0.15, 0.2) is 18.2 Å². The number of benzene rings is 1. The van der Waals surface area contributed by atoms with E-state index in [1.165, 1.54) is 0 Å². The lowest BCUT2D eigenvalue weighted by atomic mass is 10.1. The van der Waals surface area contributed by atoms with Crippen molar-refractivity contribution in [2.45, 2.75) is 6.04 Å². The maximum Gasteiger partial charge on any atom is 0.0663 e. The molecule has 4 heteroatoms. The van der Waals surface area contributed by atoms with Crippen LogP contribution >= 0.6 is 23.2 Å². The van der Waals surface area contributed by atoms with Crippen LogP contribution in [0.5, 0.6) is 0 Å². The molecule has 0 aliphatic carbocycles. The third kappa shape index (κ3) is 2.04. The molecule has 0 amide bonds. The summed E-state index contributed by atoms with van der Waals surface area (Å²) in [5, 5.41) is 4.71. The van der Waals surface area contributed by atoms with E-state index in [0.29, 0.717) is 16.7 Å². The van der Waals surface area contributed by atoms with E-state index in [1.807, 2.05) is 18.2 Å². The Morgan fingerprint density at radius 2 is 2.00 bits per heavy atom. The van der Waals surface area contributed by atoms with Crippen LogP contribution in [0.1, 0.15) is 11.6 Å². The van der Waals surface area contributed by atoms with Crippen molar-refractivity contribution in [2.24, 2.45) is 0 Å². The molecule has 1 heterocycles. The summed E-state index contributed by atoms with van der Waals surface area (Å²) in [6.07, 6.45) is 0. The number of nitrogens with one attached hydrogen (secondary N) is 1. The molecule has 0 bridgehead atoms. The first-order valence-corrected chi connectivity index (χ1v) is 5.29. The summed E-state index contributed by atoms with van der Waals surface area (Å²) in [5.41, 5.74) is 0.940. The Balaban J connectivity index is 2.29. The second kappa shape index (κ2) is 4.49. The monoisotopic (exact) mass is 231 g/mol. The Kier molecular flexibility index (Phi) is 3.29. The summed E-state index contributed by atoms with van der Waals surface area (Å²) in [4.78, 5) is 0. The first-order chi connectivity index (χ1) is 6.79. The summed E-state index contributed by atoms with van der Waals surface area (Å²) < 4.78 is 5.37. The first-order valence-electron chi connectivity index (χ1n) is 4.54.